The van der Waals surface area contributed by atoms with E-state index in [1.54, 1.807) is 74.0 Å². The molecule has 0 radical (unpaired) electrons. The lowest BCUT2D eigenvalue weighted by Crippen LogP contribution is -2.71. The van der Waals surface area contributed by atoms with Crippen LogP contribution in [0.5, 0.6) is 5.75 Å². The second-order valence-electron chi connectivity index (χ2n) is 53.3. The predicted octanol–water partition coefficient (Wildman–Crippen LogP) is 20.9. The third-order valence-corrected chi connectivity index (χ3v) is 46.1. The van der Waals surface area contributed by atoms with Gasteiger partial charge in [-0.05, 0) is 289 Å². The molecule has 8 N–H and O–H groups in total. The Morgan fingerprint density at radius 3 is 1.18 bits per heavy atom. The Hall–Kier alpha value is -8.80. The van der Waals surface area contributed by atoms with Gasteiger partial charge in [-0.25, -0.2) is 19.3 Å². The number of nitrogens with zero attached hydrogens (tertiary/aromatic N) is 11. The number of fused-ring (bicyclic) bond motifs is 9. The van der Waals surface area contributed by atoms with Gasteiger partial charge in [0.1, 0.15) is 25.0 Å². The van der Waals surface area contributed by atoms with E-state index in [0.29, 0.717) is 104 Å². The Kier molecular flexibility index (Phi) is 29.2. The molecule has 21 rings (SSSR count). The molecule has 6 bridgehead atoms. The quantitative estimate of drug-likeness (QED) is 0.00989. The van der Waals surface area contributed by atoms with E-state index in [2.05, 4.69) is 194 Å². The fraction of sp³-hybridized carbons (Fsp3) is 0.702. The first kappa shape index (κ1) is 109. The van der Waals surface area contributed by atoms with E-state index in [0.717, 1.165) is 150 Å². The first-order valence-electron chi connectivity index (χ1n) is 55.8. The summed E-state index contributed by atoms with van der Waals surface area (Å²) in [5, 5.41) is 67.1. The molecule has 12 aliphatic carbocycles. The van der Waals surface area contributed by atoms with Crippen LogP contribution in [0.1, 0.15) is 289 Å². The van der Waals surface area contributed by atoms with Crippen LogP contribution in [-0.4, -0.2) is 190 Å². The van der Waals surface area contributed by atoms with Crippen molar-refractivity contribution in [2.75, 3.05) is 60.8 Å². The third-order valence-electron chi connectivity index (χ3n) is 46.1. The molecule has 33 atom stereocenters. The zero-order chi connectivity index (χ0) is 107. The second-order valence-corrected chi connectivity index (χ2v) is 53.3. The Bertz CT molecular complexity index is 5970. The normalized spacial score (nSPS) is 41.7. The maximum absolute atomic E-state index is 14.9. The van der Waals surface area contributed by atoms with Gasteiger partial charge in [-0.2, -0.15) is 15.2 Å². The fourth-order valence-electron chi connectivity index (χ4n) is 36.6. The van der Waals surface area contributed by atoms with Gasteiger partial charge in [0.05, 0.1) is 101 Å². The zero-order valence-electron chi connectivity index (χ0n) is 92.9. The van der Waals surface area contributed by atoms with Crippen molar-refractivity contribution in [1.82, 2.24) is 54.8 Å². The van der Waals surface area contributed by atoms with E-state index in [-0.39, 0.29) is 131 Å². The number of allylic oxidation sites excluding steroid dienone is 3. The highest BCUT2D eigenvalue weighted by Gasteiger charge is 2.77. The Balaban J connectivity index is 0.000000139. The summed E-state index contributed by atoms with van der Waals surface area (Å²) >= 11 is 0. The number of ether oxygens (including phenoxy) is 5. The summed E-state index contributed by atoms with van der Waals surface area (Å²) in [5.74, 6) is 9.78. The highest BCUT2D eigenvalue weighted by Crippen LogP contribution is 2.81. The highest BCUT2D eigenvalue weighted by molar-refractivity contribution is 5.98. The maximum atomic E-state index is 14.9. The van der Waals surface area contributed by atoms with E-state index in [1.807, 2.05) is 72.0 Å². The first-order chi connectivity index (χ1) is 69.9. The number of carboxylic acids is 2. The van der Waals surface area contributed by atoms with Crippen LogP contribution in [0.3, 0.4) is 0 Å². The molecule has 12 fully saturated rings. The number of nitrogens with one attached hydrogen (secondary N) is 1. The highest BCUT2D eigenvalue weighted by atomic mass is 16.5. The monoisotopic (exact) mass is 2030 g/mol. The number of aromatic nitrogens is 9. The molecule has 15 aliphatic rings. The van der Waals surface area contributed by atoms with Gasteiger partial charge in [0, 0.05) is 106 Å². The number of hydrazine groups is 1. The number of methoxy groups -OCH3 is 1. The number of pyridine rings is 3. The Morgan fingerprint density at radius 1 is 0.473 bits per heavy atom. The molecule has 27 heteroatoms. The molecular formula is C121H173N13O14. The molecule has 1 aromatic carbocycles. The lowest BCUT2D eigenvalue weighted by atomic mass is 9.34. The van der Waals surface area contributed by atoms with Gasteiger partial charge in [0.15, 0.2) is 11.6 Å². The van der Waals surface area contributed by atoms with E-state index in [4.69, 9.17) is 44.7 Å². The summed E-state index contributed by atoms with van der Waals surface area (Å²) in [5.41, 5.74) is 6.88. The third kappa shape index (κ3) is 16.6. The SMILES string of the molecule is CC(C)[C@@H](C)[C@@]1(C)CC[C@]2(C)[C@H]3CC[C@@H]4[C@@]5(COC[C@@]4(C)[C@@H](O)[C@H](NN)C5)C3=CC[C@@]2(C)[C@@H]1C(=O)O.CC(C)[C@@H](C)[C@@]1(C)CC[C@]2(C)[C@H]3CC[C@@H]4[C@@]5(COC[C@@]4(C)[C@@H](O)[C@H](n4ncnc4-c4ccncc4)C5)C3=CC[C@@]2(C)[C@@H]1C(=O)O.CN(C)C=NC(=O)c1ccncc1.COc1ccc(COC(=O)[C@@H]2[C@@](C)([C@H](C)C(C)C)CC[C@]3(C)[C@H]4CC[C@@H]5[C@@]6(COC[C@@]5(C)[C@@H](O)[C@H](n5ncnc5-c5ccncc5)C6)C4=CC[C@@]23C)cc1. The number of aliphatic hydroxyl groups excluding tert-OH is 3. The molecule has 3 aliphatic heterocycles. The number of carbonyl (C=O) groups excluding carboxylic acids is 2. The molecular weight excluding hydrogens is 1860 g/mol. The van der Waals surface area contributed by atoms with Gasteiger partial charge in [-0.15, -0.1) is 0 Å². The summed E-state index contributed by atoms with van der Waals surface area (Å²) in [6.07, 6.45) is 37.4. The summed E-state index contributed by atoms with van der Waals surface area (Å²) in [6, 6.07) is 18.2. The predicted molar refractivity (Wildman–Crippen MR) is 570 cm³/mol. The number of hydrogen-bond acceptors (Lipinski definition) is 21. The second kappa shape index (κ2) is 39.6. The van der Waals surface area contributed by atoms with E-state index in [1.165, 1.54) is 23.1 Å². The van der Waals surface area contributed by atoms with Crippen LogP contribution in [0, 0.1) is 170 Å². The van der Waals surface area contributed by atoms with Crippen LogP contribution in [0.15, 0.2) is 150 Å². The van der Waals surface area contributed by atoms with Crippen LogP contribution in [0.2, 0.25) is 0 Å². The van der Waals surface area contributed by atoms with Crippen LogP contribution in [0.4, 0.5) is 0 Å². The van der Waals surface area contributed by atoms with Crippen molar-refractivity contribution in [1.29, 1.82) is 0 Å². The van der Waals surface area contributed by atoms with Gasteiger partial charge >= 0.3 is 17.9 Å². The number of esters is 1. The molecule has 148 heavy (non-hydrogen) atoms. The van der Waals surface area contributed by atoms with Gasteiger partial charge < -0.3 is 54.1 Å². The Labute approximate surface area is 879 Å². The minimum absolute atomic E-state index is 0.0674. The number of aliphatic imine (C=N–C) groups is 1. The number of benzene rings is 1. The average molecular weight is 2030 g/mol. The van der Waals surface area contributed by atoms with Crippen LogP contribution < -0.4 is 16.0 Å². The van der Waals surface area contributed by atoms with E-state index in [9.17, 15) is 44.7 Å². The molecule has 806 valence electrons. The van der Waals surface area contributed by atoms with Crippen molar-refractivity contribution in [3.8, 4) is 28.5 Å². The largest absolute Gasteiger partial charge is 0.497 e. The zero-order valence-corrected chi connectivity index (χ0v) is 92.9. The van der Waals surface area contributed by atoms with Crippen molar-refractivity contribution in [3.05, 3.63) is 157 Å². The minimum Gasteiger partial charge on any atom is -0.497 e. The number of nitrogens with two attached hydrogens (primary N) is 1. The molecule has 27 nitrogen and oxygen atoms in total. The fourth-order valence-corrected chi connectivity index (χ4v) is 36.6. The number of rotatable bonds is 19. The van der Waals surface area contributed by atoms with E-state index >= 15 is 0 Å². The van der Waals surface area contributed by atoms with Gasteiger partial charge in [0.25, 0.3) is 5.91 Å². The van der Waals surface area contributed by atoms with Gasteiger partial charge in [0.2, 0.25) is 0 Å². The average Bonchev–Trinajstić information content (AvgIpc) is 0.842. The molecule has 3 saturated heterocycles. The molecule has 6 aromatic rings. The van der Waals surface area contributed by atoms with Crippen molar-refractivity contribution >= 4 is 30.2 Å². The molecule has 0 unspecified atom stereocenters. The van der Waals surface area contributed by atoms with E-state index < -0.39 is 47.0 Å². The van der Waals surface area contributed by atoms with Crippen molar-refractivity contribution in [2.45, 2.75) is 304 Å². The maximum Gasteiger partial charge on any atom is 0.310 e. The van der Waals surface area contributed by atoms with Crippen LogP contribution in [0.25, 0.3) is 22.8 Å². The number of amides is 1. The molecule has 0 spiro atoms. The Morgan fingerprint density at radius 2 is 0.824 bits per heavy atom. The first-order valence-corrected chi connectivity index (χ1v) is 55.8. The standard InChI is InChI=1S/C45H60N4O5.C37H52N4O4.C30H50N2O4.C9H11N3O/c1-28(2)29(3)41(4)19-20-43(6)33-13-14-36-42(5)25-53-26-45(36,23-35(38(42)50)49-39(47-27-48-49)31-16-21-46-22-17-31)34(33)15-18-44(43,7)37(41)40(51)54-24-30-9-11-32(52-8)12-10-30;1-22(2)23(3)33(4)14-15-35(6)25-8-9-28-34(5)19-45-20-37(28,26(25)10-13-36(35,7)29(33)32(43)44)18-27(30(34)42)41-31(39-21-40-41)24-11-16-38-17-12-24;1-17(2)18(3)26(4)12-13-28(6)19-8-9-22-27(5)15-36-16-30(22,14-21(32-31)24(27)33)20(19)10-11-29(28,7)23(26)25(34)35;1-12(2)7-11-9(13)8-3-5-10-6-4-8/h9-12,15-17,21-22,27-29,33,35-38,50H,13-14,18-20,23-26H2,1-8H3;10-12,16-17,21-23,25,27-30,42H,8-9,13-15,18-20H2,1-7H3,(H,43,44);10,17-19,21-24,32-33H,8-9,11-16,31H2,1-7H3,(H,34,35);3-7H,1-2H3/t29-,33+,35-,36+,37-,38+,41-,42-,43-,44+,45+;23-,25+,27-,28+,29-,30+,33-,34-,35-,36+,37+;18-,19+,21-,22+,23-,24+,26-,27-,28-,29+,30+;/m111./s1. The number of hydrogen-bond donors (Lipinski definition) is 7. The topological polar surface area (TPSA) is 369 Å². The number of aliphatic carboxylic acids is 2. The summed E-state index contributed by atoms with van der Waals surface area (Å²) in [6.45, 7) is 52.2. The summed E-state index contributed by atoms with van der Waals surface area (Å²) in [7, 11) is 5.28. The van der Waals surface area contributed by atoms with Gasteiger partial charge in [-0.1, -0.05) is 192 Å². The number of aliphatic hydroxyl groups is 3. The smallest absolute Gasteiger partial charge is 0.310 e. The molecule has 8 heterocycles. The van der Waals surface area contributed by atoms with Crippen molar-refractivity contribution < 1.29 is 68.4 Å². The molecule has 1 amide bonds. The summed E-state index contributed by atoms with van der Waals surface area (Å²) < 4.78 is 35.1. The number of carboxylic acid groups (broad SMARTS) is 2. The molecule has 9 saturated carbocycles. The van der Waals surface area contributed by atoms with Crippen LogP contribution in [-0.2, 0) is 39.9 Å². The lowest BCUT2D eigenvalue weighted by molar-refractivity contribution is -0.241. The number of carbonyl (C=O) groups is 4. The van der Waals surface area contributed by atoms with Gasteiger partial charge in [-0.3, -0.25) is 45.4 Å². The minimum atomic E-state index is -0.641. The lowest BCUT2D eigenvalue weighted by Gasteiger charge is -2.71. The summed E-state index contributed by atoms with van der Waals surface area (Å²) in [4.78, 5) is 79.7. The van der Waals surface area contributed by atoms with Crippen LogP contribution >= 0.6 is 0 Å². The van der Waals surface area contributed by atoms with Crippen molar-refractivity contribution in [3.63, 3.8) is 0 Å². The molecule has 5 aromatic heterocycles. The van der Waals surface area contributed by atoms with Crippen molar-refractivity contribution in [2.24, 2.45) is 181 Å².